The van der Waals surface area contributed by atoms with Crippen LogP contribution in [0.15, 0.2) is 35.1 Å². The molecule has 2 aromatic rings. The number of hydrogen-bond acceptors (Lipinski definition) is 5. The molecule has 0 saturated carbocycles. The SMILES string of the molecule is Cc1nc(N2CCC3(CC2)CO[C@@H](C)[C@H]3N)cc(=O)n1-c1ccc(Cl)cc1. The van der Waals surface area contributed by atoms with Crippen LogP contribution in [-0.2, 0) is 4.74 Å². The van der Waals surface area contributed by atoms with Crippen LogP contribution >= 0.6 is 11.6 Å². The standard InChI is InChI=1S/C20H25ClN4O2/c1-13-19(22)20(12-27-13)7-9-24(10-8-20)17-11-18(26)25(14(2)23-17)16-5-3-15(21)4-6-16/h3-6,11,13,19H,7-10,12,22H2,1-2H3/t13-,19+/m0/s1. The predicted molar refractivity (Wildman–Crippen MR) is 107 cm³/mol. The average Bonchev–Trinajstić information content (AvgIpc) is 2.92. The van der Waals surface area contributed by atoms with Crippen LogP contribution in [0.1, 0.15) is 25.6 Å². The first-order valence-corrected chi connectivity index (χ1v) is 9.76. The molecule has 2 atom stereocenters. The van der Waals surface area contributed by atoms with E-state index in [1.807, 2.05) is 26.0 Å². The number of anilines is 1. The number of aromatic nitrogens is 2. The van der Waals surface area contributed by atoms with Crippen LogP contribution in [0.2, 0.25) is 5.02 Å². The Labute approximate surface area is 163 Å². The predicted octanol–water partition coefficient (Wildman–Crippen LogP) is 2.53. The highest BCUT2D eigenvalue weighted by molar-refractivity contribution is 6.30. The van der Waals surface area contributed by atoms with Gasteiger partial charge in [-0.15, -0.1) is 0 Å². The smallest absolute Gasteiger partial charge is 0.260 e. The van der Waals surface area contributed by atoms with Gasteiger partial charge in [0.1, 0.15) is 11.6 Å². The summed E-state index contributed by atoms with van der Waals surface area (Å²) in [5.41, 5.74) is 7.13. The Morgan fingerprint density at radius 1 is 1.26 bits per heavy atom. The van der Waals surface area contributed by atoms with Gasteiger partial charge >= 0.3 is 0 Å². The van der Waals surface area contributed by atoms with Gasteiger partial charge in [-0.25, -0.2) is 4.98 Å². The molecular formula is C20H25ClN4O2. The summed E-state index contributed by atoms with van der Waals surface area (Å²) in [5.74, 6) is 1.40. The minimum Gasteiger partial charge on any atom is -0.376 e. The van der Waals surface area contributed by atoms with E-state index in [1.54, 1.807) is 22.8 Å². The van der Waals surface area contributed by atoms with Gasteiger partial charge in [-0.1, -0.05) is 11.6 Å². The van der Waals surface area contributed by atoms with Crippen LogP contribution in [0.4, 0.5) is 5.82 Å². The molecule has 2 aliphatic heterocycles. The van der Waals surface area contributed by atoms with Crippen molar-refractivity contribution in [3.05, 3.63) is 51.5 Å². The molecule has 27 heavy (non-hydrogen) atoms. The number of nitrogens with zero attached hydrogens (tertiary/aromatic N) is 3. The van der Waals surface area contributed by atoms with Crippen molar-refractivity contribution in [3.63, 3.8) is 0 Å². The molecule has 0 aliphatic carbocycles. The van der Waals surface area contributed by atoms with E-state index in [9.17, 15) is 4.79 Å². The maximum absolute atomic E-state index is 12.8. The zero-order valence-electron chi connectivity index (χ0n) is 15.7. The zero-order valence-corrected chi connectivity index (χ0v) is 16.4. The summed E-state index contributed by atoms with van der Waals surface area (Å²) >= 11 is 5.95. The summed E-state index contributed by atoms with van der Waals surface area (Å²) in [4.78, 5) is 19.6. The maximum atomic E-state index is 12.8. The number of nitrogens with two attached hydrogens (primary N) is 1. The van der Waals surface area contributed by atoms with E-state index >= 15 is 0 Å². The van der Waals surface area contributed by atoms with Crippen molar-refractivity contribution >= 4 is 17.4 Å². The highest BCUT2D eigenvalue weighted by Crippen LogP contribution is 2.41. The lowest BCUT2D eigenvalue weighted by atomic mass is 9.73. The van der Waals surface area contributed by atoms with Gasteiger partial charge in [0, 0.05) is 35.6 Å². The number of rotatable bonds is 2. The summed E-state index contributed by atoms with van der Waals surface area (Å²) in [5, 5.41) is 0.639. The molecule has 1 spiro atoms. The van der Waals surface area contributed by atoms with Crippen molar-refractivity contribution in [1.82, 2.24) is 9.55 Å². The first kappa shape index (κ1) is 18.5. The molecule has 1 aromatic heterocycles. The molecule has 2 N–H and O–H groups in total. The Balaban J connectivity index is 1.56. The lowest BCUT2D eigenvalue weighted by Gasteiger charge is -2.41. The highest BCUT2D eigenvalue weighted by Gasteiger charge is 2.47. The molecule has 0 bridgehead atoms. The Kier molecular flexibility index (Phi) is 4.74. The second kappa shape index (κ2) is 6.93. The van der Waals surface area contributed by atoms with Crippen LogP contribution < -0.4 is 16.2 Å². The largest absolute Gasteiger partial charge is 0.376 e. The first-order chi connectivity index (χ1) is 12.9. The van der Waals surface area contributed by atoms with Crippen molar-refractivity contribution in [1.29, 1.82) is 0 Å². The monoisotopic (exact) mass is 388 g/mol. The Hall–Kier alpha value is -1.89. The van der Waals surface area contributed by atoms with Gasteiger partial charge in [0.05, 0.1) is 18.4 Å². The average molecular weight is 389 g/mol. The summed E-state index contributed by atoms with van der Waals surface area (Å²) < 4.78 is 7.39. The minimum atomic E-state index is -0.0883. The fraction of sp³-hybridized carbons (Fsp3) is 0.500. The quantitative estimate of drug-likeness (QED) is 0.855. The van der Waals surface area contributed by atoms with E-state index in [0.717, 1.165) is 44.0 Å². The fourth-order valence-corrected chi connectivity index (χ4v) is 4.43. The number of aryl methyl sites for hydroxylation is 1. The third-order valence-electron chi connectivity index (χ3n) is 6.09. The van der Waals surface area contributed by atoms with Gasteiger partial charge in [0.2, 0.25) is 0 Å². The van der Waals surface area contributed by atoms with Crippen LogP contribution in [0.25, 0.3) is 5.69 Å². The van der Waals surface area contributed by atoms with Crippen molar-refractivity contribution in [3.8, 4) is 5.69 Å². The molecule has 6 nitrogen and oxygen atoms in total. The van der Waals surface area contributed by atoms with E-state index in [4.69, 9.17) is 27.1 Å². The van der Waals surface area contributed by atoms with Crippen LogP contribution in [0, 0.1) is 12.3 Å². The van der Waals surface area contributed by atoms with Crippen LogP contribution in [-0.4, -0.2) is 41.4 Å². The molecular weight excluding hydrogens is 364 g/mol. The molecule has 0 radical (unpaired) electrons. The summed E-state index contributed by atoms with van der Waals surface area (Å²) in [7, 11) is 0. The zero-order chi connectivity index (χ0) is 19.2. The van der Waals surface area contributed by atoms with Crippen molar-refractivity contribution in [2.24, 2.45) is 11.1 Å². The molecule has 3 heterocycles. The van der Waals surface area contributed by atoms with Gasteiger partial charge in [0.25, 0.3) is 5.56 Å². The van der Waals surface area contributed by atoms with Gasteiger partial charge in [-0.3, -0.25) is 9.36 Å². The second-order valence-corrected chi connectivity index (χ2v) is 8.14. The molecule has 2 aliphatic rings. The van der Waals surface area contributed by atoms with Crippen molar-refractivity contribution in [2.45, 2.75) is 38.8 Å². The lowest BCUT2D eigenvalue weighted by Crippen LogP contribution is -2.51. The highest BCUT2D eigenvalue weighted by atomic mass is 35.5. The minimum absolute atomic E-state index is 0.0588. The normalized spacial score (nSPS) is 24.5. The summed E-state index contributed by atoms with van der Waals surface area (Å²) in [6.07, 6.45) is 2.03. The number of halogens is 1. The molecule has 7 heteroatoms. The topological polar surface area (TPSA) is 73.4 Å². The third-order valence-corrected chi connectivity index (χ3v) is 6.34. The lowest BCUT2D eigenvalue weighted by molar-refractivity contribution is 0.0974. The summed E-state index contributed by atoms with van der Waals surface area (Å²) in [6, 6.07) is 8.89. The van der Waals surface area contributed by atoms with E-state index in [0.29, 0.717) is 10.8 Å². The van der Waals surface area contributed by atoms with E-state index in [-0.39, 0.29) is 23.1 Å². The summed E-state index contributed by atoms with van der Waals surface area (Å²) in [6.45, 7) is 6.30. The van der Waals surface area contributed by atoms with Gasteiger partial charge < -0.3 is 15.4 Å². The number of hydrogen-bond donors (Lipinski definition) is 1. The van der Waals surface area contributed by atoms with Gasteiger partial charge in [0.15, 0.2) is 0 Å². The van der Waals surface area contributed by atoms with E-state index in [2.05, 4.69) is 4.90 Å². The van der Waals surface area contributed by atoms with E-state index in [1.165, 1.54) is 0 Å². The molecule has 144 valence electrons. The number of ether oxygens (including phenoxy) is 1. The molecule has 4 rings (SSSR count). The van der Waals surface area contributed by atoms with Gasteiger partial charge in [-0.2, -0.15) is 0 Å². The fourth-order valence-electron chi connectivity index (χ4n) is 4.30. The number of benzene rings is 1. The van der Waals surface area contributed by atoms with Crippen molar-refractivity contribution in [2.75, 3.05) is 24.6 Å². The second-order valence-electron chi connectivity index (χ2n) is 7.70. The Morgan fingerprint density at radius 2 is 1.93 bits per heavy atom. The molecule has 0 unspecified atom stereocenters. The van der Waals surface area contributed by atoms with E-state index < -0.39 is 0 Å². The molecule has 0 amide bonds. The van der Waals surface area contributed by atoms with Crippen LogP contribution in [0.3, 0.4) is 0 Å². The first-order valence-electron chi connectivity index (χ1n) is 9.38. The molecule has 1 aromatic carbocycles. The third kappa shape index (κ3) is 3.26. The Bertz CT molecular complexity index is 888. The maximum Gasteiger partial charge on any atom is 0.260 e. The Morgan fingerprint density at radius 3 is 2.48 bits per heavy atom. The van der Waals surface area contributed by atoms with Crippen LogP contribution in [0.5, 0.6) is 0 Å². The molecule has 2 fully saturated rings. The molecule has 2 saturated heterocycles. The van der Waals surface area contributed by atoms with Gasteiger partial charge in [-0.05, 0) is 51.0 Å². The van der Waals surface area contributed by atoms with Crippen molar-refractivity contribution < 1.29 is 4.74 Å². The number of piperidine rings is 1.